The topological polar surface area (TPSA) is 22.1 Å². The van der Waals surface area contributed by atoms with Gasteiger partial charge >= 0.3 is 6.36 Å². The van der Waals surface area contributed by atoms with Gasteiger partial charge < -0.3 is 4.74 Å². The summed E-state index contributed by atoms with van der Waals surface area (Å²) in [7, 11) is 0. The van der Waals surface area contributed by atoms with Crippen molar-refractivity contribution < 1.29 is 17.9 Å². The maximum absolute atomic E-state index is 11.9. The number of ether oxygens (including phenoxy) is 1. The lowest BCUT2D eigenvalue weighted by Crippen LogP contribution is -2.18. The van der Waals surface area contributed by atoms with E-state index in [9.17, 15) is 13.2 Å². The van der Waals surface area contributed by atoms with Gasteiger partial charge in [-0.1, -0.05) is 11.6 Å². The summed E-state index contributed by atoms with van der Waals surface area (Å²) < 4.78 is 39.7. The van der Waals surface area contributed by atoms with Crippen molar-refractivity contribution in [3.8, 4) is 5.75 Å². The van der Waals surface area contributed by atoms with Crippen molar-refractivity contribution in [3.63, 3.8) is 0 Å². The molecule has 0 aliphatic heterocycles. The molecule has 0 spiro atoms. The molecule has 0 unspecified atom stereocenters. The molecule has 0 saturated carbocycles. The molecule has 1 aromatic heterocycles. The van der Waals surface area contributed by atoms with E-state index in [-0.39, 0.29) is 8.72 Å². The Hall–Kier alpha value is -0.240. The molecule has 0 aliphatic carbocycles. The van der Waals surface area contributed by atoms with Gasteiger partial charge in [-0.2, -0.15) is 0 Å². The third kappa shape index (κ3) is 3.16. The van der Waals surface area contributed by atoms with E-state index in [1.807, 2.05) is 0 Å². The number of alkyl halides is 3. The van der Waals surface area contributed by atoms with E-state index >= 15 is 0 Å². The largest absolute Gasteiger partial charge is 0.573 e. The van der Waals surface area contributed by atoms with Gasteiger partial charge in [0.1, 0.15) is 0 Å². The van der Waals surface area contributed by atoms with Gasteiger partial charge in [0, 0.05) is 5.69 Å². The van der Waals surface area contributed by atoms with E-state index in [1.165, 1.54) is 6.07 Å². The third-order valence-electron chi connectivity index (χ3n) is 1.23. The van der Waals surface area contributed by atoms with Crippen LogP contribution in [-0.4, -0.2) is 11.3 Å². The van der Waals surface area contributed by atoms with Crippen LogP contribution in [0.25, 0.3) is 0 Å². The molecular formula is C7H4ClF3INO. The Morgan fingerprint density at radius 3 is 2.50 bits per heavy atom. The highest BCUT2D eigenvalue weighted by Gasteiger charge is 2.33. The lowest BCUT2D eigenvalue weighted by molar-refractivity contribution is -0.275. The first-order valence-corrected chi connectivity index (χ1v) is 4.83. The Balaban J connectivity index is 3.09. The van der Waals surface area contributed by atoms with Crippen LogP contribution < -0.4 is 4.74 Å². The lowest BCUT2D eigenvalue weighted by atomic mass is 10.4. The fraction of sp³-hybridized carbons (Fsp3) is 0.286. The molecule has 0 atom stereocenters. The SMILES string of the molecule is Cc1cc(I)c(OC(F)(F)F)c(Cl)n1. The van der Waals surface area contributed by atoms with Crippen LogP contribution in [0, 0.1) is 10.5 Å². The lowest BCUT2D eigenvalue weighted by Gasteiger charge is -2.11. The van der Waals surface area contributed by atoms with Gasteiger partial charge in [0.05, 0.1) is 3.57 Å². The van der Waals surface area contributed by atoms with Crippen LogP contribution in [0.1, 0.15) is 5.69 Å². The molecule has 0 bridgehead atoms. The van der Waals surface area contributed by atoms with Crippen LogP contribution in [0.3, 0.4) is 0 Å². The molecule has 0 aliphatic rings. The van der Waals surface area contributed by atoms with E-state index in [2.05, 4.69) is 9.72 Å². The average molecular weight is 337 g/mol. The Kier molecular flexibility index (Phi) is 3.46. The van der Waals surface area contributed by atoms with Crippen molar-refractivity contribution in [2.24, 2.45) is 0 Å². The smallest absolute Gasteiger partial charge is 0.401 e. The molecule has 1 rings (SSSR count). The third-order valence-corrected chi connectivity index (χ3v) is 2.29. The second-order valence-corrected chi connectivity index (χ2v) is 3.93. The van der Waals surface area contributed by atoms with Crippen LogP contribution in [0.15, 0.2) is 6.07 Å². The summed E-state index contributed by atoms with van der Waals surface area (Å²) in [6.45, 7) is 1.63. The number of hydrogen-bond acceptors (Lipinski definition) is 2. The molecule has 0 saturated heterocycles. The summed E-state index contributed by atoms with van der Waals surface area (Å²) >= 11 is 7.20. The van der Waals surface area contributed by atoms with Gasteiger partial charge in [-0.15, -0.1) is 13.2 Å². The summed E-state index contributed by atoms with van der Waals surface area (Å²) in [6, 6.07) is 1.45. The van der Waals surface area contributed by atoms with E-state index in [4.69, 9.17) is 11.6 Å². The van der Waals surface area contributed by atoms with E-state index in [1.54, 1.807) is 29.5 Å². The van der Waals surface area contributed by atoms with Crippen molar-refractivity contribution in [1.82, 2.24) is 4.98 Å². The molecule has 14 heavy (non-hydrogen) atoms. The molecular weight excluding hydrogens is 333 g/mol. The van der Waals surface area contributed by atoms with Crippen molar-refractivity contribution in [2.75, 3.05) is 0 Å². The minimum absolute atomic E-state index is 0.275. The second kappa shape index (κ2) is 4.09. The maximum atomic E-state index is 11.9. The molecule has 0 N–H and O–H groups in total. The zero-order valence-electron chi connectivity index (χ0n) is 6.82. The number of pyridine rings is 1. The highest BCUT2D eigenvalue weighted by atomic mass is 127. The van der Waals surface area contributed by atoms with Gasteiger partial charge in [-0.3, -0.25) is 0 Å². The number of rotatable bonds is 1. The summed E-state index contributed by atoms with van der Waals surface area (Å²) in [5.74, 6) is -0.453. The fourth-order valence-corrected chi connectivity index (χ4v) is 2.04. The maximum Gasteiger partial charge on any atom is 0.573 e. The van der Waals surface area contributed by atoms with E-state index < -0.39 is 12.1 Å². The van der Waals surface area contributed by atoms with Crippen molar-refractivity contribution in [2.45, 2.75) is 13.3 Å². The predicted molar refractivity (Wildman–Crippen MR) is 53.4 cm³/mol. The Labute approximate surface area is 96.6 Å². The fourth-order valence-electron chi connectivity index (χ4n) is 0.792. The van der Waals surface area contributed by atoms with Crippen LogP contribution in [-0.2, 0) is 0 Å². The van der Waals surface area contributed by atoms with Crippen LogP contribution in [0.5, 0.6) is 5.75 Å². The van der Waals surface area contributed by atoms with Crippen molar-refractivity contribution in [1.29, 1.82) is 0 Å². The Morgan fingerprint density at radius 1 is 1.50 bits per heavy atom. The molecule has 1 heterocycles. The van der Waals surface area contributed by atoms with Crippen LogP contribution in [0.4, 0.5) is 13.2 Å². The van der Waals surface area contributed by atoms with E-state index in [0.717, 1.165) is 0 Å². The van der Waals surface area contributed by atoms with Gasteiger partial charge in [-0.25, -0.2) is 4.98 Å². The Bertz CT molecular complexity index is 332. The number of nitrogens with zero attached hydrogens (tertiary/aromatic N) is 1. The quantitative estimate of drug-likeness (QED) is 0.577. The zero-order valence-corrected chi connectivity index (χ0v) is 9.74. The van der Waals surface area contributed by atoms with Crippen molar-refractivity contribution >= 4 is 34.2 Å². The van der Waals surface area contributed by atoms with Gasteiger partial charge in [0.15, 0.2) is 10.9 Å². The van der Waals surface area contributed by atoms with Crippen molar-refractivity contribution in [3.05, 3.63) is 20.5 Å². The number of hydrogen-bond donors (Lipinski definition) is 0. The molecule has 7 heteroatoms. The minimum Gasteiger partial charge on any atom is -0.401 e. The molecule has 0 radical (unpaired) electrons. The average Bonchev–Trinajstić information content (AvgIpc) is 1.95. The van der Waals surface area contributed by atoms with Gasteiger partial charge in [0.25, 0.3) is 0 Å². The molecule has 0 aromatic carbocycles. The Morgan fingerprint density at radius 2 is 2.07 bits per heavy atom. The summed E-state index contributed by atoms with van der Waals surface area (Å²) in [4.78, 5) is 3.65. The standard InChI is InChI=1S/C7H4ClF3INO/c1-3-2-4(12)5(6(8)13-3)14-7(9,10)11/h2H,1H3. The van der Waals surface area contributed by atoms with Crippen LogP contribution in [0.2, 0.25) is 5.15 Å². The second-order valence-electron chi connectivity index (χ2n) is 2.41. The van der Waals surface area contributed by atoms with Crippen LogP contribution >= 0.6 is 34.2 Å². The number of halogens is 5. The summed E-state index contributed by atoms with van der Waals surface area (Å²) in [6.07, 6.45) is -4.75. The first-order valence-electron chi connectivity index (χ1n) is 3.38. The normalized spacial score (nSPS) is 11.6. The summed E-state index contributed by atoms with van der Waals surface area (Å²) in [5.41, 5.74) is 0.536. The molecule has 0 fully saturated rings. The molecule has 2 nitrogen and oxygen atoms in total. The molecule has 78 valence electrons. The summed E-state index contributed by atoms with van der Waals surface area (Å²) in [5, 5.41) is -0.285. The first-order chi connectivity index (χ1) is 6.29. The monoisotopic (exact) mass is 337 g/mol. The van der Waals surface area contributed by atoms with Gasteiger partial charge in [0.2, 0.25) is 0 Å². The number of aryl methyl sites for hydroxylation is 1. The number of aromatic nitrogens is 1. The molecule has 1 aromatic rings. The van der Waals surface area contributed by atoms with Gasteiger partial charge in [-0.05, 0) is 35.6 Å². The predicted octanol–water partition coefficient (Wildman–Crippen LogP) is 3.55. The molecule has 0 amide bonds. The first kappa shape index (κ1) is 11.8. The highest BCUT2D eigenvalue weighted by molar-refractivity contribution is 14.1. The van der Waals surface area contributed by atoms with E-state index in [0.29, 0.717) is 5.69 Å². The minimum atomic E-state index is -4.75. The zero-order chi connectivity index (χ0) is 10.9. The highest BCUT2D eigenvalue weighted by Crippen LogP contribution is 2.33.